The number of H-pyrrole nitrogens is 1. The third kappa shape index (κ3) is 3.21. The van der Waals surface area contributed by atoms with Crippen LogP contribution in [-0.4, -0.2) is 20.8 Å². The van der Waals surface area contributed by atoms with Crippen molar-refractivity contribution in [2.24, 2.45) is 5.73 Å². The van der Waals surface area contributed by atoms with Crippen LogP contribution in [0.1, 0.15) is 42.4 Å². The second kappa shape index (κ2) is 6.16. The Kier molecular flexibility index (Phi) is 4.44. The van der Waals surface area contributed by atoms with Gasteiger partial charge in [0.2, 0.25) is 0 Å². The highest BCUT2D eigenvalue weighted by Gasteiger charge is 2.31. The molecule has 0 spiro atoms. The smallest absolute Gasteiger partial charge is 0.326 e. The van der Waals surface area contributed by atoms with E-state index < -0.39 is 0 Å². The van der Waals surface area contributed by atoms with E-state index in [9.17, 15) is 4.79 Å². The molecule has 2 atom stereocenters. The SMILES string of the molecule is CCC(N)C(Sc1n[nH]c(=O)n1C1CC1)c1ccc(Cl)s1. The summed E-state index contributed by atoms with van der Waals surface area (Å²) in [6.45, 7) is 2.06. The van der Waals surface area contributed by atoms with E-state index >= 15 is 0 Å². The second-order valence-electron chi connectivity index (χ2n) is 5.16. The largest absolute Gasteiger partial charge is 0.344 e. The molecule has 5 nitrogen and oxygen atoms in total. The van der Waals surface area contributed by atoms with E-state index in [1.54, 1.807) is 16.3 Å². The average molecular weight is 345 g/mol. The van der Waals surface area contributed by atoms with E-state index in [4.69, 9.17) is 17.3 Å². The highest BCUT2D eigenvalue weighted by molar-refractivity contribution is 7.99. The van der Waals surface area contributed by atoms with Crippen molar-refractivity contribution in [3.63, 3.8) is 0 Å². The Morgan fingerprint density at radius 2 is 2.38 bits per heavy atom. The molecule has 2 heterocycles. The Morgan fingerprint density at radius 1 is 1.62 bits per heavy atom. The summed E-state index contributed by atoms with van der Waals surface area (Å²) in [5, 5.41) is 7.50. The summed E-state index contributed by atoms with van der Waals surface area (Å²) in [4.78, 5) is 13.0. The zero-order chi connectivity index (χ0) is 15.0. The van der Waals surface area contributed by atoms with Gasteiger partial charge in [0.25, 0.3) is 0 Å². The van der Waals surface area contributed by atoms with Crippen LogP contribution in [0.5, 0.6) is 0 Å². The first-order chi connectivity index (χ1) is 10.1. The fourth-order valence-corrected chi connectivity index (χ4v) is 4.83. The number of rotatable bonds is 6. The minimum absolute atomic E-state index is 0.0100. The molecule has 21 heavy (non-hydrogen) atoms. The monoisotopic (exact) mass is 344 g/mol. The van der Waals surface area contributed by atoms with E-state index in [-0.39, 0.29) is 17.0 Å². The first-order valence-corrected chi connectivity index (χ1v) is 9.02. The second-order valence-corrected chi connectivity index (χ2v) is 8.02. The van der Waals surface area contributed by atoms with Crippen LogP contribution in [0.15, 0.2) is 22.1 Å². The van der Waals surface area contributed by atoms with Gasteiger partial charge in [-0.2, -0.15) is 0 Å². The van der Waals surface area contributed by atoms with Crippen molar-refractivity contribution < 1.29 is 0 Å². The van der Waals surface area contributed by atoms with Crippen LogP contribution < -0.4 is 11.4 Å². The van der Waals surface area contributed by atoms with Gasteiger partial charge in [0.15, 0.2) is 5.16 Å². The van der Waals surface area contributed by atoms with Gasteiger partial charge in [-0.25, -0.2) is 9.89 Å². The average Bonchev–Trinajstić information content (AvgIpc) is 3.11. The number of nitrogens with zero attached hydrogens (tertiary/aromatic N) is 2. The van der Waals surface area contributed by atoms with Crippen LogP contribution in [0.4, 0.5) is 0 Å². The molecule has 1 aliphatic rings. The van der Waals surface area contributed by atoms with Crippen LogP contribution in [-0.2, 0) is 0 Å². The van der Waals surface area contributed by atoms with Crippen molar-refractivity contribution in [2.45, 2.75) is 48.7 Å². The third-order valence-corrected chi connectivity index (χ3v) is 6.37. The minimum Gasteiger partial charge on any atom is -0.326 e. The number of hydrogen-bond donors (Lipinski definition) is 2. The van der Waals surface area contributed by atoms with Crippen molar-refractivity contribution in [1.29, 1.82) is 0 Å². The molecule has 0 aliphatic heterocycles. The Morgan fingerprint density at radius 3 is 2.95 bits per heavy atom. The predicted molar refractivity (Wildman–Crippen MR) is 87.3 cm³/mol. The molecule has 2 aromatic heterocycles. The van der Waals surface area contributed by atoms with Gasteiger partial charge in [-0.3, -0.25) is 4.57 Å². The molecule has 114 valence electrons. The Hall–Kier alpha value is -0.760. The topological polar surface area (TPSA) is 76.7 Å². The minimum atomic E-state index is -0.131. The van der Waals surface area contributed by atoms with Gasteiger partial charge in [0.1, 0.15) is 0 Å². The van der Waals surface area contributed by atoms with Gasteiger partial charge < -0.3 is 5.73 Å². The van der Waals surface area contributed by atoms with Crippen LogP contribution in [0.25, 0.3) is 0 Å². The molecule has 0 radical (unpaired) electrons. The van der Waals surface area contributed by atoms with Crippen molar-refractivity contribution >= 4 is 34.7 Å². The van der Waals surface area contributed by atoms with E-state index in [0.717, 1.165) is 33.6 Å². The Labute approximate surface area is 135 Å². The lowest BCUT2D eigenvalue weighted by molar-refractivity contribution is 0.619. The third-order valence-electron chi connectivity index (χ3n) is 3.55. The number of nitrogens with one attached hydrogen (secondary N) is 1. The summed E-state index contributed by atoms with van der Waals surface area (Å²) in [5.74, 6) is 0. The van der Waals surface area contributed by atoms with E-state index in [1.165, 1.54) is 11.3 Å². The van der Waals surface area contributed by atoms with E-state index in [0.29, 0.717) is 6.04 Å². The summed E-state index contributed by atoms with van der Waals surface area (Å²) >= 11 is 9.13. The number of hydrogen-bond acceptors (Lipinski definition) is 5. The molecule has 0 aromatic carbocycles. The maximum absolute atomic E-state index is 11.9. The molecule has 3 rings (SSSR count). The summed E-state index contributed by atoms with van der Waals surface area (Å²) in [6.07, 6.45) is 2.94. The summed E-state index contributed by atoms with van der Waals surface area (Å²) in [7, 11) is 0. The number of thioether (sulfide) groups is 1. The number of halogens is 1. The molecule has 0 bridgehead atoms. The molecule has 1 saturated carbocycles. The fraction of sp³-hybridized carbons (Fsp3) is 0.538. The molecule has 1 aliphatic carbocycles. The van der Waals surface area contributed by atoms with Gasteiger partial charge in [-0.15, -0.1) is 16.4 Å². The summed E-state index contributed by atoms with van der Waals surface area (Å²) < 4.78 is 2.51. The molecule has 2 unspecified atom stereocenters. The molecule has 2 aromatic rings. The van der Waals surface area contributed by atoms with E-state index in [2.05, 4.69) is 17.1 Å². The van der Waals surface area contributed by atoms with Gasteiger partial charge in [-0.05, 0) is 31.4 Å². The van der Waals surface area contributed by atoms with Crippen molar-refractivity contribution in [3.05, 3.63) is 31.8 Å². The van der Waals surface area contributed by atoms with E-state index in [1.807, 2.05) is 12.1 Å². The maximum atomic E-state index is 11.9. The summed E-state index contributed by atoms with van der Waals surface area (Å²) in [6, 6.07) is 4.18. The molecule has 1 fully saturated rings. The number of thiophene rings is 1. The van der Waals surface area contributed by atoms with Crippen LogP contribution in [0.3, 0.4) is 0 Å². The normalized spacial score (nSPS) is 17.9. The Balaban J connectivity index is 1.90. The van der Waals surface area contributed by atoms with Crippen molar-refractivity contribution in [3.8, 4) is 0 Å². The molecule has 8 heteroatoms. The highest BCUT2D eigenvalue weighted by atomic mass is 35.5. The lowest BCUT2D eigenvalue weighted by Gasteiger charge is -2.20. The number of aromatic amines is 1. The van der Waals surface area contributed by atoms with Crippen molar-refractivity contribution in [2.75, 3.05) is 0 Å². The maximum Gasteiger partial charge on any atom is 0.344 e. The lowest BCUT2D eigenvalue weighted by atomic mass is 10.1. The van der Waals surface area contributed by atoms with Gasteiger partial charge in [0.05, 0.1) is 9.59 Å². The standard InChI is InChI=1S/C13H17ClN4OS2/c1-2-8(15)11(9-5-6-10(14)20-9)21-13-17-16-12(19)18(13)7-3-4-7/h5-8,11H,2-4,15H2,1H3,(H,16,19). The molecule has 0 amide bonds. The zero-order valence-corrected chi connectivity index (χ0v) is 14.0. The van der Waals surface area contributed by atoms with Gasteiger partial charge in [0, 0.05) is 17.0 Å². The quantitative estimate of drug-likeness (QED) is 0.789. The Bertz CT molecular complexity index is 676. The predicted octanol–water partition coefficient (Wildman–Crippen LogP) is 3.19. The van der Waals surface area contributed by atoms with Crippen LogP contribution >= 0.6 is 34.7 Å². The van der Waals surface area contributed by atoms with Gasteiger partial charge in [-0.1, -0.05) is 30.3 Å². The first kappa shape index (κ1) is 15.1. The van der Waals surface area contributed by atoms with Crippen LogP contribution in [0.2, 0.25) is 4.34 Å². The molecular formula is C13H17ClN4OS2. The molecular weight excluding hydrogens is 328 g/mol. The molecule has 3 N–H and O–H groups in total. The summed E-state index contributed by atoms with van der Waals surface area (Å²) in [5.41, 5.74) is 6.14. The first-order valence-electron chi connectivity index (χ1n) is 6.94. The van der Waals surface area contributed by atoms with Crippen LogP contribution in [0, 0.1) is 0 Å². The molecule has 0 saturated heterocycles. The number of nitrogens with two attached hydrogens (primary N) is 1. The van der Waals surface area contributed by atoms with Gasteiger partial charge >= 0.3 is 5.69 Å². The zero-order valence-electron chi connectivity index (χ0n) is 11.6. The lowest BCUT2D eigenvalue weighted by Crippen LogP contribution is -2.25. The number of aromatic nitrogens is 3. The highest BCUT2D eigenvalue weighted by Crippen LogP contribution is 2.43. The fourth-order valence-electron chi connectivity index (χ4n) is 2.19. The van der Waals surface area contributed by atoms with Crippen molar-refractivity contribution in [1.82, 2.24) is 14.8 Å².